The zero-order chi connectivity index (χ0) is 9.97. The summed E-state index contributed by atoms with van der Waals surface area (Å²) in [5.41, 5.74) is 14.4. The molecule has 0 saturated heterocycles. The molecule has 0 amide bonds. The Kier molecular flexibility index (Phi) is 2.98. The highest BCUT2D eigenvalue weighted by Gasteiger charge is 2.17. The minimum absolute atomic E-state index is 0.101. The van der Waals surface area contributed by atoms with Crippen LogP contribution < -0.4 is 11.5 Å². The Hall–Kier alpha value is -0.680. The summed E-state index contributed by atoms with van der Waals surface area (Å²) in [7, 11) is 0. The van der Waals surface area contributed by atoms with Gasteiger partial charge in [-0.25, -0.2) is 0 Å². The van der Waals surface area contributed by atoms with Gasteiger partial charge in [0.1, 0.15) is 0 Å². The Morgan fingerprint density at radius 1 is 0.857 bits per heavy atom. The number of nitrogens with two attached hydrogens (primary N) is 2. The molecule has 2 heterocycles. The molecule has 0 bridgehead atoms. The molecule has 2 aromatic rings. The summed E-state index contributed by atoms with van der Waals surface area (Å²) in [6.45, 7) is 0. The molecule has 2 aromatic heterocycles. The second kappa shape index (κ2) is 4.23. The summed E-state index contributed by atoms with van der Waals surface area (Å²) in [5, 5.41) is 8.15. The third kappa shape index (κ3) is 1.88. The van der Waals surface area contributed by atoms with Crippen LogP contribution in [0.15, 0.2) is 33.7 Å². The first-order valence-corrected chi connectivity index (χ1v) is 6.23. The molecule has 0 spiro atoms. The first-order valence-electron chi connectivity index (χ1n) is 4.34. The van der Waals surface area contributed by atoms with Gasteiger partial charge in [-0.1, -0.05) is 0 Å². The van der Waals surface area contributed by atoms with Gasteiger partial charge >= 0.3 is 0 Å². The molecule has 0 fully saturated rings. The molecule has 4 N–H and O–H groups in total. The fourth-order valence-electron chi connectivity index (χ4n) is 1.34. The fraction of sp³-hybridized carbons (Fsp3) is 0.200. The molecule has 0 aliphatic heterocycles. The molecule has 74 valence electrons. The second-order valence-corrected chi connectivity index (χ2v) is 4.73. The van der Waals surface area contributed by atoms with Gasteiger partial charge in [0.25, 0.3) is 0 Å². The molecule has 0 aliphatic carbocycles. The number of hydrogen-bond donors (Lipinski definition) is 2. The summed E-state index contributed by atoms with van der Waals surface area (Å²) in [6, 6.07) is 3.86. The highest BCUT2D eigenvalue weighted by Crippen LogP contribution is 2.27. The van der Waals surface area contributed by atoms with Crippen LogP contribution in [-0.2, 0) is 0 Å². The van der Waals surface area contributed by atoms with Gasteiger partial charge in [0.15, 0.2) is 0 Å². The van der Waals surface area contributed by atoms with Gasteiger partial charge < -0.3 is 11.5 Å². The van der Waals surface area contributed by atoms with Crippen LogP contribution >= 0.6 is 22.7 Å². The molecular weight excluding hydrogens is 212 g/mol. The van der Waals surface area contributed by atoms with Crippen molar-refractivity contribution in [2.24, 2.45) is 11.5 Å². The van der Waals surface area contributed by atoms with E-state index >= 15 is 0 Å². The van der Waals surface area contributed by atoms with Crippen LogP contribution in [0.25, 0.3) is 0 Å². The van der Waals surface area contributed by atoms with Gasteiger partial charge in [-0.3, -0.25) is 0 Å². The molecule has 0 unspecified atom stereocenters. The molecule has 0 saturated carbocycles. The maximum Gasteiger partial charge on any atom is 0.0499 e. The van der Waals surface area contributed by atoms with Crippen molar-refractivity contribution in [1.82, 2.24) is 0 Å². The molecule has 2 atom stereocenters. The molecule has 2 rings (SSSR count). The number of hydrogen-bond acceptors (Lipinski definition) is 4. The average Bonchev–Trinajstić information content (AvgIpc) is 2.87. The van der Waals surface area contributed by atoms with Crippen LogP contribution in [0.5, 0.6) is 0 Å². The topological polar surface area (TPSA) is 52.0 Å². The zero-order valence-corrected chi connectivity index (χ0v) is 9.22. The minimum Gasteiger partial charge on any atom is -0.322 e. The van der Waals surface area contributed by atoms with Crippen molar-refractivity contribution in [3.8, 4) is 0 Å². The van der Waals surface area contributed by atoms with Gasteiger partial charge in [-0.15, -0.1) is 0 Å². The monoisotopic (exact) mass is 224 g/mol. The summed E-state index contributed by atoms with van der Waals surface area (Å²) in [6.07, 6.45) is 0. The smallest absolute Gasteiger partial charge is 0.0499 e. The van der Waals surface area contributed by atoms with Gasteiger partial charge in [0.2, 0.25) is 0 Å². The van der Waals surface area contributed by atoms with Crippen molar-refractivity contribution in [3.63, 3.8) is 0 Å². The quantitative estimate of drug-likeness (QED) is 0.841. The van der Waals surface area contributed by atoms with Crippen molar-refractivity contribution in [1.29, 1.82) is 0 Å². The summed E-state index contributed by atoms with van der Waals surface area (Å²) < 4.78 is 0. The average molecular weight is 224 g/mol. The maximum atomic E-state index is 6.06. The first-order chi connectivity index (χ1) is 6.79. The maximum absolute atomic E-state index is 6.06. The lowest BCUT2D eigenvalue weighted by Gasteiger charge is -2.17. The lowest BCUT2D eigenvalue weighted by Crippen LogP contribution is -2.25. The van der Waals surface area contributed by atoms with Gasteiger partial charge in [-0.2, -0.15) is 22.7 Å². The van der Waals surface area contributed by atoms with E-state index < -0.39 is 0 Å². The van der Waals surface area contributed by atoms with E-state index in [0.29, 0.717) is 0 Å². The van der Waals surface area contributed by atoms with Crippen molar-refractivity contribution in [2.75, 3.05) is 0 Å². The molecule has 2 nitrogen and oxygen atoms in total. The van der Waals surface area contributed by atoms with E-state index in [1.54, 1.807) is 22.7 Å². The third-order valence-corrected chi connectivity index (χ3v) is 3.65. The predicted molar refractivity (Wildman–Crippen MR) is 62.5 cm³/mol. The van der Waals surface area contributed by atoms with E-state index in [1.165, 1.54) is 0 Å². The lowest BCUT2D eigenvalue weighted by atomic mass is 9.99. The predicted octanol–water partition coefficient (Wildman–Crippen LogP) is 2.51. The van der Waals surface area contributed by atoms with Crippen molar-refractivity contribution < 1.29 is 0 Å². The van der Waals surface area contributed by atoms with Gasteiger partial charge in [0.05, 0.1) is 0 Å². The summed E-state index contributed by atoms with van der Waals surface area (Å²) in [5.74, 6) is 0. The highest BCUT2D eigenvalue weighted by molar-refractivity contribution is 7.08. The van der Waals surface area contributed by atoms with Crippen LogP contribution in [0, 0.1) is 0 Å². The minimum atomic E-state index is -0.101. The van der Waals surface area contributed by atoms with Crippen LogP contribution in [0.2, 0.25) is 0 Å². The first kappa shape index (κ1) is 9.86. The van der Waals surface area contributed by atoms with Crippen molar-refractivity contribution in [2.45, 2.75) is 12.1 Å². The van der Waals surface area contributed by atoms with Gasteiger partial charge in [-0.05, 0) is 44.8 Å². The molecule has 14 heavy (non-hydrogen) atoms. The summed E-state index contributed by atoms with van der Waals surface area (Å²) >= 11 is 3.30. The van der Waals surface area contributed by atoms with E-state index in [-0.39, 0.29) is 12.1 Å². The third-order valence-electron chi connectivity index (χ3n) is 2.24. The van der Waals surface area contributed by atoms with Crippen LogP contribution in [0.1, 0.15) is 23.2 Å². The second-order valence-electron chi connectivity index (χ2n) is 3.16. The number of rotatable bonds is 3. The van der Waals surface area contributed by atoms with E-state index in [0.717, 1.165) is 11.1 Å². The van der Waals surface area contributed by atoms with Crippen LogP contribution in [-0.4, -0.2) is 0 Å². The van der Waals surface area contributed by atoms with E-state index in [4.69, 9.17) is 11.5 Å². The normalized spacial score (nSPS) is 15.3. The molecular formula is C10H12N2S2. The molecule has 0 aliphatic rings. The largest absolute Gasteiger partial charge is 0.322 e. The SMILES string of the molecule is N[C@H](c1ccsc1)[C@H](N)c1ccsc1. The van der Waals surface area contributed by atoms with Crippen LogP contribution in [0.4, 0.5) is 0 Å². The Bertz CT molecular complexity index is 328. The van der Waals surface area contributed by atoms with Crippen LogP contribution in [0.3, 0.4) is 0 Å². The standard InChI is InChI=1S/C10H12N2S2/c11-9(7-1-3-13-5-7)10(12)8-2-4-14-6-8/h1-6,9-10H,11-12H2/t9-,10-/m1/s1. The number of thiophene rings is 2. The Morgan fingerprint density at radius 3 is 1.57 bits per heavy atom. The van der Waals surface area contributed by atoms with E-state index in [9.17, 15) is 0 Å². The molecule has 4 heteroatoms. The summed E-state index contributed by atoms with van der Waals surface area (Å²) in [4.78, 5) is 0. The highest BCUT2D eigenvalue weighted by atomic mass is 32.1. The van der Waals surface area contributed by atoms with E-state index in [1.807, 2.05) is 22.9 Å². The molecule has 0 radical (unpaired) electrons. The van der Waals surface area contributed by atoms with E-state index in [2.05, 4.69) is 10.8 Å². The Morgan fingerprint density at radius 2 is 1.29 bits per heavy atom. The van der Waals surface area contributed by atoms with Crippen molar-refractivity contribution >= 4 is 22.7 Å². The Labute approximate surface area is 91.2 Å². The van der Waals surface area contributed by atoms with Gasteiger partial charge in [0, 0.05) is 12.1 Å². The fourth-order valence-corrected chi connectivity index (χ4v) is 2.76. The Balaban J connectivity index is 2.16. The van der Waals surface area contributed by atoms with Crippen molar-refractivity contribution in [3.05, 3.63) is 44.8 Å². The lowest BCUT2D eigenvalue weighted by molar-refractivity contribution is 0.577. The zero-order valence-electron chi connectivity index (χ0n) is 7.59. The molecule has 0 aromatic carbocycles.